The second kappa shape index (κ2) is 6.74. The highest BCUT2D eigenvalue weighted by molar-refractivity contribution is 5.86. The van der Waals surface area contributed by atoms with Gasteiger partial charge >= 0.3 is 0 Å². The van der Waals surface area contributed by atoms with Gasteiger partial charge in [-0.15, -0.1) is 0 Å². The molecule has 110 valence electrons. The van der Waals surface area contributed by atoms with Crippen molar-refractivity contribution >= 4 is 10.9 Å². The molecule has 2 aromatic rings. The number of aromatic amines is 1. The maximum absolute atomic E-state index is 9.85. The molecule has 1 atom stereocenters. The van der Waals surface area contributed by atoms with Gasteiger partial charge < -0.3 is 25.3 Å². The molecule has 2 rings (SSSR count). The fraction of sp³-hybridized carbons (Fsp3) is 0.467. The van der Waals surface area contributed by atoms with Crippen molar-refractivity contribution in [2.45, 2.75) is 32.6 Å². The van der Waals surface area contributed by atoms with Gasteiger partial charge in [0.05, 0.1) is 6.61 Å². The molecule has 1 unspecified atom stereocenters. The van der Waals surface area contributed by atoms with E-state index in [0.717, 1.165) is 16.6 Å². The van der Waals surface area contributed by atoms with Crippen molar-refractivity contribution in [1.82, 2.24) is 10.3 Å². The zero-order valence-corrected chi connectivity index (χ0v) is 11.9. The predicted molar refractivity (Wildman–Crippen MR) is 78.9 cm³/mol. The van der Waals surface area contributed by atoms with Crippen LogP contribution in [0, 0.1) is 0 Å². The second-order valence-electron chi connectivity index (χ2n) is 5.20. The predicted octanol–water partition coefficient (Wildman–Crippen LogP) is 1.40. The molecule has 1 aromatic carbocycles. The molecule has 5 heteroatoms. The summed E-state index contributed by atoms with van der Waals surface area (Å²) in [7, 11) is 0. The van der Waals surface area contributed by atoms with E-state index in [-0.39, 0.29) is 13.2 Å². The first kappa shape index (κ1) is 14.8. The first-order valence-corrected chi connectivity index (χ1v) is 6.86. The van der Waals surface area contributed by atoms with Crippen molar-refractivity contribution in [2.75, 3.05) is 13.2 Å². The van der Waals surface area contributed by atoms with Crippen molar-refractivity contribution in [3.8, 4) is 5.75 Å². The fourth-order valence-electron chi connectivity index (χ4n) is 2.01. The minimum Gasteiger partial charge on any atom is -0.490 e. The Kier molecular flexibility index (Phi) is 5.00. The topological polar surface area (TPSA) is 77.5 Å². The SMILES string of the molecule is CC(C)NCC(O)COc1cccc2[nH]c(CO)cc12. The Balaban J connectivity index is 2.00. The van der Waals surface area contributed by atoms with Gasteiger partial charge in [-0.2, -0.15) is 0 Å². The molecule has 0 aliphatic rings. The van der Waals surface area contributed by atoms with Crippen LogP contribution in [0.15, 0.2) is 24.3 Å². The molecule has 0 fully saturated rings. The number of ether oxygens (including phenoxy) is 1. The number of H-pyrrole nitrogens is 1. The van der Waals surface area contributed by atoms with Crippen LogP contribution in [0.25, 0.3) is 10.9 Å². The van der Waals surface area contributed by atoms with E-state index in [1.165, 1.54) is 0 Å². The summed E-state index contributed by atoms with van der Waals surface area (Å²) in [5.74, 6) is 0.710. The Morgan fingerprint density at radius 3 is 2.85 bits per heavy atom. The molecule has 1 aromatic heterocycles. The van der Waals surface area contributed by atoms with Crippen LogP contribution < -0.4 is 10.1 Å². The van der Waals surface area contributed by atoms with Gasteiger partial charge in [-0.25, -0.2) is 0 Å². The van der Waals surface area contributed by atoms with Crippen molar-refractivity contribution in [1.29, 1.82) is 0 Å². The number of aromatic nitrogens is 1. The van der Waals surface area contributed by atoms with Crippen molar-refractivity contribution in [3.63, 3.8) is 0 Å². The summed E-state index contributed by atoms with van der Waals surface area (Å²) in [4.78, 5) is 3.11. The molecule has 20 heavy (non-hydrogen) atoms. The van der Waals surface area contributed by atoms with Gasteiger partial charge in [-0.3, -0.25) is 0 Å². The molecular formula is C15H22N2O3. The van der Waals surface area contributed by atoms with Crippen molar-refractivity contribution in [3.05, 3.63) is 30.0 Å². The summed E-state index contributed by atoms with van der Waals surface area (Å²) in [6, 6.07) is 7.88. The second-order valence-corrected chi connectivity index (χ2v) is 5.20. The number of hydrogen-bond acceptors (Lipinski definition) is 4. The van der Waals surface area contributed by atoms with E-state index in [1.807, 2.05) is 38.1 Å². The van der Waals surface area contributed by atoms with E-state index < -0.39 is 6.10 Å². The van der Waals surface area contributed by atoms with Gasteiger partial charge in [-0.05, 0) is 18.2 Å². The monoisotopic (exact) mass is 278 g/mol. The lowest BCUT2D eigenvalue weighted by atomic mass is 10.2. The number of hydrogen-bond donors (Lipinski definition) is 4. The smallest absolute Gasteiger partial charge is 0.128 e. The maximum Gasteiger partial charge on any atom is 0.128 e. The van der Waals surface area contributed by atoms with E-state index in [0.29, 0.717) is 18.3 Å². The zero-order chi connectivity index (χ0) is 14.5. The Labute approximate surface area is 118 Å². The van der Waals surface area contributed by atoms with Crippen molar-refractivity contribution in [2.24, 2.45) is 0 Å². The Hall–Kier alpha value is -1.56. The van der Waals surface area contributed by atoms with Gasteiger partial charge in [0.2, 0.25) is 0 Å². The molecule has 0 bridgehead atoms. The zero-order valence-electron chi connectivity index (χ0n) is 11.9. The maximum atomic E-state index is 9.85. The van der Waals surface area contributed by atoms with Crippen molar-refractivity contribution < 1.29 is 14.9 Å². The fourth-order valence-corrected chi connectivity index (χ4v) is 2.01. The molecule has 0 saturated carbocycles. The van der Waals surface area contributed by atoms with Crippen LogP contribution in [-0.4, -0.2) is 40.5 Å². The van der Waals surface area contributed by atoms with E-state index in [2.05, 4.69) is 10.3 Å². The largest absolute Gasteiger partial charge is 0.490 e. The molecule has 0 aliphatic carbocycles. The highest BCUT2D eigenvalue weighted by Crippen LogP contribution is 2.26. The Bertz CT molecular complexity index is 551. The van der Waals surface area contributed by atoms with Crippen LogP contribution in [0.4, 0.5) is 0 Å². The van der Waals surface area contributed by atoms with Crippen LogP contribution in [0.3, 0.4) is 0 Å². The number of aliphatic hydroxyl groups is 2. The Morgan fingerprint density at radius 1 is 1.35 bits per heavy atom. The third-order valence-electron chi connectivity index (χ3n) is 3.04. The molecule has 0 spiro atoms. The minimum absolute atomic E-state index is 0.0327. The van der Waals surface area contributed by atoms with Crippen LogP contribution >= 0.6 is 0 Å². The number of benzene rings is 1. The highest BCUT2D eigenvalue weighted by atomic mass is 16.5. The van der Waals surface area contributed by atoms with Gasteiger partial charge in [0.15, 0.2) is 0 Å². The van der Waals surface area contributed by atoms with Gasteiger partial charge in [-0.1, -0.05) is 19.9 Å². The summed E-state index contributed by atoms with van der Waals surface area (Å²) < 4.78 is 5.68. The number of aliphatic hydroxyl groups excluding tert-OH is 2. The molecule has 5 nitrogen and oxygen atoms in total. The van der Waals surface area contributed by atoms with Crippen LogP contribution in [0.2, 0.25) is 0 Å². The number of rotatable bonds is 7. The average molecular weight is 278 g/mol. The molecular weight excluding hydrogens is 256 g/mol. The first-order chi connectivity index (χ1) is 9.60. The minimum atomic E-state index is -0.552. The summed E-state index contributed by atoms with van der Waals surface area (Å²) in [6.07, 6.45) is -0.552. The molecule has 0 saturated heterocycles. The van der Waals surface area contributed by atoms with E-state index in [1.54, 1.807) is 0 Å². The molecule has 0 amide bonds. The number of fused-ring (bicyclic) bond motifs is 1. The lowest BCUT2D eigenvalue weighted by Crippen LogP contribution is -2.35. The highest BCUT2D eigenvalue weighted by Gasteiger charge is 2.09. The first-order valence-electron chi connectivity index (χ1n) is 6.86. The number of nitrogens with one attached hydrogen (secondary N) is 2. The Morgan fingerprint density at radius 2 is 2.15 bits per heavy atom. The van der Waals surface area contributed by atoms with Gasteiger partial charge in [0.25, 0.3) is 0 Å². The standard InChI is InChI=1S/C15H22N2O3/c1-10(2)16-7-12(19)9-20-15-5-3-4-14-13(15)6-11(8-18)17-14/h3-6,10,12,16-19H,7-9H2,1-2H3. The summed E-state index contributed by atoms with van der Waals surface area (Å²) >= 11 is 0. The van der Waals surface area contributed by atoms with Gasteiger partial charge in [0, 0.05) is 29.2 Å². The summed E-state index contributed by atoms with van der Waals surface area (Å²) in [5.41, 5.74) is 1.67. The summed E-state index contributed by atoms with van der Waals surface area (Å²) in [6.45, 7) is 4.77. The van der Waals surface area contributed by atoms with E-state index in [9.17, 15) is 5.11 Å². The molecule has 0 radical (unpaired) electrons. The lowest BCUT2D eigenvalue weighted by molar-refractivity contribution is 0.105. The van der Waals surface area contributed by atoms with Crippen LogP contribution in [0.1, 0.15) is 19.5 Å². The van der Waals surface area contributed by atoms with Crippen LogP contribution in [-0.2, 0) is 6.61 Å². The lowest BCUT2D eigenvalue weighted by Gasteiger charge is -2.15. The third-order valence-corrected chi connectivity index (χ3v) is 3.04. The molecule has 1 heterocycles. The molecule has 0 aliphatic heterocycles. The van der Waals surface area contributed by atoms with Gasteiger partial charge in [0.1, 0.15) is 18.5 Å². The average Bonchev–Trinajstić information content (AvgIpc) is 2.86. The van der Waals surface area contributed by atoms with E-state index >= 15 is 0 Å². The summed E-state index contributed by atoms with van der Waals surface area (Å²) in [5, 5.41) is 23.1. The molecule has 4 N–H and O–H groups in total. The third kappa shape index (κ3) is 3.72. The van der Waals surface area contributed by atoms with Crippen LogP contribution in [0.5, 0.6) is 5.75 Å². The van der Waals surface area contributed by atoms with E-state index in [4.69, 9.17) is 9.84 Å². The quantitative estimate of drug-likeness (QED) is 0.617. The normalized spacial score (nSPS) is 13.1.